The summed E-state index contributed by atoms with van der Waals surface area (Å²) < 4.78 is 38.4. The molecular formula is C24H33N5O6S. The summed E-state index contributed by atoms with van der Waals surface area (Å²) in [5.41, 5.74) is 12.3. The topological polar surface area (TPSA) is 172 Å². The number of carbonyl (C=O) groups is 1. The zero-order valence-electron chi connectivity index (χ0n) is 20.2. The van der Waals surface area contributed by atoms with Crippen molar-refractivity contribution in [2.75, 3.05) is 36.3 Å². The van der Waals surface area contributed by atoms with Gasteiger partial charge in [0, 0.05) is 25.9 Å². The van der Waals surface area contributed by atoms with Crippen LogP contribution in [-0.4, -0.2) is 68.3 Å². The molecule has 0 spiro atoms. The number of hydrogen-bond acceptors (Lipinski definition) is 8. The van der Waals surface area contributed by atoms with E-state index in [9.17, 15) is 13.2 Å². The average Bonchev–Trinajstić information content (AvgIpc) is 2.82. The molecule has 0 bridgehead atoms. The summed E-state index contributed by atoms with van der Waals surface area (Å²) >= 11 is 0. The molecule has 1 fully saturated rings. The van der Waals surface area contributed by atoms with E-state index in [1.807, 2.05) is 4.90 Å². The van der Waals surface area contributed by atoms with Crippen molar-refractivity contribution in [3.63, 3.8) is 0 Å². The Balaban J connectivity index is 1.68. The lowest BCUT2D eigenvalue weighted by Crippen LogP contribution is -2.40. The molecule has 196 valence electrons. The number of anilines is 1. The average molecular weight is 520 g/mol. The van der Waals surface area contributed by atoms with E-state index in [4.69, 9.17) is 31.5 Å². The third kappa shape index (κ3) is 7.57. The second kappa shape index (κ2) is 12.1. The first kappa shape index (κ1) is 27.2. The summed E-state index contributed by atoms with van der Waals surface area (Å²) in [7, 11) is -4.16. The lowest BCUT2D eigenvalue weighted by atomic mass is 10.1. The van der Waals surface area contributed by atoms with Crippen LogP contribution in [-0.2, 0) is 14.8 Å². The van der Waals surface area contributed by atoms with Gasteiger partial charge in [-0.15, -0.1) is 0 Å². The molecule has 6 N–H and O–H groups in total. The molecule has 1 aliphatic heterocycles. The predicted molar refractivity (Wildman–Crippen MR) is 137 cm³/mol. The molecule has 0 aliphatic carbocycles. The van der Waals surface area contributed by atoms with Gasteiger partial charge >= 0.3 is 5.97 Å². The molecular weight excluding hydrogens is 486 g/mol. The Bertz CT molecular complexity index is 1150. The number of hydrogen-bond donors (Lipinski definition) is 4. The van der Waals surface area contributed by atoms with Gasteiger partial charge in [0.25, 0.3) is 0 Å². The van der Waals surface area contributed by atoms with Crippen LogP contribution in [0.25, 0.3) is 0 Å². The van der Waals surface area contributed by atoms with Gasteiger partial charge in [-0.1, -0.05) is 12.1 Å². The van der Waals surface area contributed by atoms with Crippen LogP contribution in [0.4, 0.5) is 5.69 Å². The highest BCUT2D eigenvalue weighted by atomic mass is 32.2. The van der Waals surface area contributed by atoms with E-state index in [0.29, 0.717) is 28.6 Å². The van der Waals surface area contributed by atoms with Crippen LogP contribution in [0.1, 0.15) is 31.5 Å². The number of nitrogens with one attached hydrogen (secondary N) is 1. The Morgan fingerprint density at radius 2 is 1.83 bits per heavy atom. The van der Waals surface area contributed by atoms with Crippen molar-refractivity contribution in [3.8, 4) is 11.5 Å². The molecule has 3 rings (SSSR count). The molecule has 0 aromatic heterocycles. The van der Waals surface area contributed by atoms with Crippen molar-refractivity contribution in [2.45, 2.75) is 32.0 Å². The quantitative estimate of drug-likeness (QED) is 0.196. The van der Waals surface area contributed by atoms with Crippen LogP contribution in [0, 0.1) is 5.41 Å². The molecule has 1 saturated heterocycles. The first-order valence-electron chi connectivity index (χ1n) is 11.6. The number of sulfonamides is 1. The molecule has 0 atom stereocenters. The first-order valence-corrected chi connectivity index (χ1v) is 13.2. The zero-order valence-corrected chi connectivity index (χ0v) is 21.0. The summed E-state index contributed by atoms with van der Waals surface area (Å²) in [5.74, 6) is -0.895. The van der Waals surface area contributed by atoms with Gasteiger partial charge in [-0.3, -0.25) is 14.5 Å². The normalized spacial score (nSPS) is 14.5. The number of benzene rings is 2. The molecule has 2 aromatic rings. The fraction of sp³-hybridized carbons (Fsp3) is 0.417. The van der Waals surface area contributed by atoms with Gasteiger partial charge in [-0.05, 0) is 48.9 Å². The van der Waals surface area contributed by atoms with E-state index in [-0.39, 0.29) is 19.3 Å². The minimum absolute atomic E-state index is 0.00380. The molecule has 0 unspecified atom stereocenters. The standard InChI is InChI=1S/C24H33N5O6S/c1-17(25)28-11-9-21(10-12-28)35-20-7-5-19(6-8-20)29(36(32,33)16-23(30)31)13-14-34-22-4-2-3-18(15-22)24(26)27/h2-8,15,21,24-25H,9-14,16,26-27H2,1H3,(H,30,31). The van der Waals surface area contributed by atoms with Crippen LogP contribution >= 0.6 is 0 Å². The van der Waals surface area contributed by atoms with Gasteiger partial charge < -0.3 is 30.9 Å². The lowest BCUT2D eigenvalue weighted by molar-refractivity contribution is -0.134. The Hall–Kier alpha value is -3.35. The van der Waals surface area contributed by atoms with Crippen molar-refractivity contribution in [1.82, 2.24) is 4.90 Å². The van der Waals surface area contributed by atoms with Gasteiger partial charge in [-0.25, -0.2) is 8.42 Å². The van der Waals surface area contributed by atoms with Crippen LogP contribution in [0.15, 0.2) is 48.5 Å². The predicted octanol–water partition coefficient (Wildman–Crippen LogP) is 1.74. The van der Waals surface area contributed by atoms with Crippen LogP contribution in [0.5, 0.6) is 11.5 Å². The van der Waals surface area contributed by atoms with E-state index < -0.39 is 27.9 Å². The number of aliphatic carboxylic acids is 1. The first-order chi connectivity index (χ1) is 17.0. The van der Waals surface area contributed by atoms with Crippen molar-refractivity contribution in [2.24, 2.45) is 11.5 Å². The van der Waals surface area contributed by atoms with Gasteiger partial charge in [0.15, 0.2) is 5.75 Å². The maximum atomic E-state index is 12.8. The fourth-order valence-corrected chi connectivity index (χ4v) is 5.18. The monoisotopic (exact) mass is 519 g/mol. The maximum absolute atomic E-state index is 12.8. The molecule has 0 amide bonds. The number of rotatable bonds is 11. The lowest BCUT2D eigenvalue weighted by Gasteiger charge is -2.33. The summed E-state index contributed by atoms with van der Waals surface area (Å²) in [6, 6.07) is 13.3. The number of nitrogens with zero attached hydrogens (tertiary/aromatic N) is 2. The summed E-state index contributed by atoms with van der Waals surface area (Å²) in [5, 5.41) is 16.8. The minimum atomic E-state index is -4.16. The number of amidine groups is 1. The highest BCUT2D eigenvalue weighted by Gasteiger charge is 2.26. The van der Waals surface area contributed by atoms with E-state index in [1.165, 1.54) is 0 Å². The van der Waals surface area contributed by atoms with Crippen LogP contribution < -0.4 is 25.2 Å². The van der Waals surface area contributed by atoms with Crippen LogP contribution in [0.3, 0.4) is 0 Å². The summed E-state index contributed by atoms with van der Waals surface area (Å²) in [6.07, 6.45) is 0.897. The summed E-state index contributed by atoms with van der Waals surface area (Å²) in [4.78, 5) is 13.2. The Morgan fingerprint density at radius 1 is 1.17 bits per heavy atom. The zero-order chi connectivity index (χ0) is 26.3. The Labute approximate surface area is 211 Å². The molecule has 0 saturated carbocycles. The SMILES string of the molecule is CC(=N)N1CCC(Oc2ccc(N(CCOc3cccc(C(N)N)c3)S(=O)(=O)CC(=O)O)cc2)CC1. The third-order valence-electron chi connectivity index (χ3n) is 5.79. The van der Waals surface area contributed by atoms with E-state index in [0.717, 1.165) is 30.2 Å². The fourth-order valence-electron chi connectivity index (χ4n) is 3.91. The van der Waals surface area contributed by atoms with E-state index in [2.05, 4.69) is 0 Å². The van der Waals surface area contributed by atoms with Gasteiger partial charge in [0.1, 0.15) is 24.2 Å². The number of carboxylic acid groups (broad SMARTS) is 1. The summed E-state index contributed by atoms with van der Waals surface area (Å²) in [6.45, 7) is 3.14. The highest BCUT2D eigenvalue weighted by Crippen LogP contribution is 2.25. The van der Waals surface area contributed by atoms with Crippen molar-refractivity contribution in [3.05, 3.63) is 54.1 Å². The molecule has 1 heterocycles. The third-order valence-corrected chi connectivity index (χ3v) is 7.47. The highest BCUT2D eigenvalue weighted by molar-refractivity contribution is 7.93. The second-order valence-corrected chi connectivity index (χ2v) is 10.4. The van der Waals surface area contributed by atoms with E-state index in [1.54, 1.807) is 55.5 Å². The molecule has 1 aliphatic rings. The van der Waals surface area contributed by atoms with Gasteiger partial charge in [0.2, 0.25) is 10.0 Å². The number of carboxylic acids is 1. The molecule has 11 nitrogen and oxygen atoms in total. The van der Waals surface area contributed by atoms with Crippen LogP contribution in [0.2, 0.25) is 0 Å². The Morgan fingerprint density at radius 3 is 2.42 bits per heavy atom. The molecule has 2 aromatic carbocycles. The number of ether oxygens (including phenoxy) is 2. The number of piperidine rings is 1. The molecule has 12 heteroatoms. The van der Waals surface area contributed by atoms with Gasteiger partial charge in [-0.2, -0.15) is 0 Å². The van der Waals surface area contributed by atoms with E-state index >= 15 is 0 Å². The molecule has 36 heavy (non-hydrogen) atoms. The van der Waals surface area contributed by atoms with Crippen molar-refractivity contribution in [1.29, 1.82) is 5.41 Å². The smallest absolute Gasteiger partial charge is 0.320 e. The second-order valence-electron chi connectivity index (χ2n) is 8.55. The Kier molecular flexibility index (Phi) is 9.13. The van der Waals surface area contributed by atoms with Crippen molar-refractivity contribution < 1.29 is 27.8 Å². The minimum Gasteiger partial charge on any atom is -0.492 e. The maximum Gasteiger partial charge on any atom is 0.320 e. The largest absolute Gasteiger partial charge is 0.492 e. The van der Waals surface area contributed by atoms with Gasteiger partial charge in [0.05, 0.1) is 24.2 Å². The van der Waals surface area contributed by atoms with Crippen molar-refractivity contribution >= 4 is 27.5 Å². The molecule has 0 radical (unpaired) electrons. The number of nitrogens with two attached hydrogens (primary N) is 2. The number of likely N-dealkylation sites (tertiary alicyclic amines) is 1.